The van der Waals surface area contributed by atoms with Crippen molar-refractivity contribution in [3.05, 3.63) is 46.5 Å². The van der Waals surface area contributed by atoms with E-state index in [1.807, 2.05) is 37.3 Å². The Balaban J connectivity index is 2.23. The van der Waals surface area contributed by atoms with Gasteiger partial charge in [-0.3, -0.25) is 9.36 Å². The molecule has 0 radical (unpaired) electrons. The van der Waals surface area contributed by atoms with Crippen LogP contribution in [0.2, 0.25) is 0 Å². The first-order valence-corrected chi connectivity index (χ1v) is 5.95. The molecule has 3 rings (SSSR count). The molecule has 98 valence electrons. The molecule has 0 saturated carbocycles. The highest BCUT2D eigenvalue weighted by atomic mass is 16.1. The van der Waals surface area contributed by atoms with Crippen LogP contribution < -0.4 is 5.56 Å². The quantitative estimate of drug-likeness (QED) is 0.684. The van der Waals surface area contributed by atoms with Gasteiger partial charge in [-0.05, 0) is 24.6 Å². The van der Waals surface area contributed by atoms with Gasteiger partial charge in [0.05, 0.1) is 11.8 Å². The number of hydrogen-bond donors (Lipinski definition) is 0. The second kappa shape index (κ2) is 4.59. The van der Waals surface area contributed by atoms with Crippen LogP contribution in [-0.2, 0) is 6.54 Å². The molecule has 0 N–H and O–H groups in total. The average molecular weight is 266 g/mol. The van der Waals surface area contributed by atoms with E-state index in [9.17, 15) is 4.79 Å². The molecule has 3 aromatic rings. The highest BCUT2D eigenvalue weighted by Crippen LogP contribution is 2.12. The van der Waals surface area contributed by atoms with Crippen LogP contribution >= 0.6 is 0 Å². The Labute approximate surface area is 113 Å². The van der Waals surface area contributed by atoms with Gasteiger partial charge in [0.25, 0.3) is 5.56 Å². The Bertz CT molecular complexity index is 886. The number of aryl methyl sites for hydroxylation is 1. The van der Waals surface area contributed by atoms with E-state index in [4.69, 9.17) is 5.26 Å². The van der Waals surface area contributed by atoms with E-state index >= 15 is 0 Å². The maximum Gasteiger partial charge on any atom is 0.284 e. The van der Waals surface area contributed by atoms with Crippen LogP contribution in [0, 0.1) is 18.3 Å². The summed E-state index contributed by atoms with van der Waals surface area (Å²) in [5.41, 5.74) is 2.04. The first-order valence-electron chi connectivity index (χ1n) is 5.95. The van der Waals surface area contributed by atoms with Crippen LogP contribution in [0.5, 0.6) is 0 Å². The molecule has 7 heteroatoms. The van der Waals surface area contributed by atoms with Gasteiger partial charge in [0, 0.05) is 0 Å². The molecule has 0 aliphatic rings. The van der Waals surface area contributed by atoms with Crippen LogP contribution in [0.15, 0.2) is 35.4 Å². The second-order valence-corrected chi connectivity index (χ2v) is 4.35. The number of rotatable bonds is 2. The van der Waals surface area contributed by atoms with E-state index in [-0.39, 0.29) is 17.6 Å². The minimum absolute atomic E-state index is 0.0565. The first kappa shape index (κ1) is 12.0. The third kappa shape index (κ3) is 1.83. The third-order valence-electron chi connectivity index (χ3n) is 2.92. The lowest BCUT2D eigenvalue weighted by molar-refractivity contribution is 0.771. The Morgan fingerprint density at radius 1 is 1.40 bits per heavy atom. The predicted octanol–water partition coefficient (Wildman–Crippen LogP) is 0.809. The summed E-state index contributed by atoms with van der Waals surface area (Å²) in [6, 6.07) is 9.56. The van der Waals surface area contributed by atoms with Crippen molar-refractivity contribution in [1.29, 1.82) is 5.26 Å². The third-order valence-corrected chi connectivity index (χ3v) is 2.92. The van der Waals surface area contributed by atoms with Crippen molar-refractivity contribution in [3.63, 3.8) is 0 Å². The highest BCUT2D eigenvalue weighted by Gasteiger charge is 2.12. The minimum Gasteiger partial charge on any atom is -0.283 e. The highest BCUT2D eigenvalue weighted by molar-refractivity contribution is 5.70. The summed E-state index contributed by atoms with van der Waals surface area (Å²) in [7, 11) is 0. The molecule has 2 heterocycles. The normalized spacial score (nSPS) is 10.6. The molecule has 1 aromatic carbocycles. The number of aromatic nitrogens is 5. The molecule has 0 aliphatic heterocycles. The summed E-state index contributed by atoms with van der Waals surface area (Å²) in [5, 5.41) is 16.5. The van der Waals surface area contributed by atoms with Crippen LogP contribution in [0.4, 0.5) is 0 Å². The molecule has 0 aliphatic carbocycles. The molecular weight excluding hydrogens is 256 g/mol. The van der Waals surface area contributed by atoms with Crippen LogP contribution in [0.3, 0.4) is 0 Å². The van der Waals surface area contributed by atoms with Crippen molar-refractivity contribution in [2.75, 3.05) is 0 Å². The molecule has 0 bridgehead atoms. The Morgan fingerprint density at radius 2 is 2.25 bits per heavy atom. The number of nitriles is 1. The lowest BCUT2D eigenvalue weighted by atomic mass is 10.2. The van der Waals surface area contributed by atoms with Crippen molar-refractivity contribution < 1.29 is 0 Å². The number of fused-ring (bicyclic) bond motifs is 1. The first-order chi connectivity index (χ1) is 9.70. The SMILES string of the molecule is Cc1cccc(-n2nnc3c(=O)n(CC#N)cnc32)c1. The molecule has 2 aromatic heterocycles. The molecule has 0 amide bonds. The Morgan fingerprint density at radius 3 is 3.00 bits per heavy atom. The minimum atomic E-state index is -0.365. The molecule has 7 nitrogen and oxygen atoms in total. The van der Waals surface area contributed by atoms with Crippen LogP contribution in [0.25, 0.3) is 16.9 Å². The second-order valence-electron chi connectivity index (χ2n) is 4.35. The summed E-state index contributed by atoms with van der Waals surface area (Å²) in [4.78, 5) is 16.3. The van der Waals surface area contributed by atoms with Gasteiger partial charge in [0.15, 0.2) is 11.2 Å². The Hall–Kier alpha value is -3.01. The lowest BCUT2D eigenvalue weighted by Crippen LogP contribution is -2.20. The lowest BCUT2D eigenvalue weighted by Gasteiger charge is -2.03. The maximum atomic E-state index is 12.1. The van der Waals surface area contributed by atoms with Crippen molar-refractivity contribution in [3.8, 4) is 11.8 Å². The molecule has 0 spiro atoms. The van der Waals surface area contributed by atoms with Gasteiger partial charge in [-0.25, -0.2) is 4.98 Å². The standard InChI is InChI=1S/C13H10N6O/c1-9-3-2-4-10(7-9)19-12-11(16-17-19)13(20)18(6-5-14)8-15-12/h2-4,7-8H,6H2,1H3. The van der Waals surface area contributed by atoms with Gasteiger partial charge in [0.2, 0.25) is 0 Å². The molecule has 0 saturated heterocycles. The average Bonchev–Trinajstić information content (AvgIpc) is 2.87. The zero-order valence-electron chi connectivity index (χ0n) is 10.7. The zero-order chi connectivity index (χ0) is 14.1. The number of hydrogen-bond acceptors (Lipinski definition) is 5. The van der Waals surface area contributed by atoms with Crippen molar-refractivity contribution >= 4 is 11.2 Å². The Kier molecular flexibility index (Phi) is 2.76. The van der Waals surface area contributed by atoms with Crippen molar-refractivity contribution in [1.82, 2.24) is 24.5 Å². The smallest absolute Gasteiger partial charge is 0.283 e. The van der Waals surface area contributed by atoms with Crippen molar-refractivity contribution in [2.45, 2.75) is 13.5 Å². The fourth-order valence-electron chi connectivity index (χ4n) is 1.97. The zero-order valence-corrected chi connectivity index (χ0v) is 10.7. The van der Waals surface area contributed by atoms with E-state index in [0.717, 1.165) is 11.3 Å². The molecular formula is C13H10N6O. The van der Waals surface area contributed by atoms with Gasteiger partial charge in [-0.1, -0.05) is 17.3 Å². The van der Waals surface area contributed by atoms with Gasteiger partial charge < -0.3 is 0 Å². The summed E-state index contributed by atoms with van der Waals surface area (Å²) < 4.78 is 2.72. The predicted molar refractivity (Wildman–Crippen MR) is 71.3 cm³/mol. The molecule has 20 heavy (non-hydrogen) atoms. The number of nitrogens with zero attached hydrogens (tertiary/aromatic N) is 6. The van der Waals surface area contributed by atoms with Gasteiger partial charge >= 0.3 is 0 Å². The van der Waals surface area contributed by atoms with E-state index in [0.29, 0.717) is 5.65 Å². The summed E-state index contributed by atoms with van der Waals surface area (Å²) in [6.07, 6.45) is 1.34. The van der Waals surface area contributed by atoms with E-state index in [2.05, 4.69) is 15.3 Å². The monoisotopic (exact) mass is 266 g/mol. The van der Waals surface area contributed by atoms with E-state index in [1.165, 1.54) is 15.6 Å². The summed E-state index contributed by atoms with van der Waals surface area (Å²) >= 11 is 0. The topological polar surface area (TPSA) is 89.4 Å². The van der Waals surface area contributed by atoms with Gasteiger partial charge in [0.1, 0.15) is 12.9 Å². The molecule has 0 unspecified atom stereocenters. The summed E-state index contributed by atoms with van der Waals surface area (Å²) in [6.45, 7) is 1.91. The number of benzene rings is 1. The molecule has 0 fully saturated rings. The summed E-state index contributed by atoms with van der Waals surface area (Å²) in [5.74, 6) is 0. The largest absolute Gasteiger partial charge is 0.284 e. The molecule has 0 atom stereocenters. The van der Waals surface area contributed by atoms with Crippen LogP contribution in [-0.4, -0.2) is 24.5 Å². The maximum absolute atomic E-state index is 12.1. The van der Waals surface area contributed by atoms with Crippen LogP contribution in [0.1, 0.15) is 5.56 Å². The van der Waals surface area contributed by atoms with E-state index in [1.54, 1.807) is 0 Å². The van der Waals surface area contributed by atoms with Crippen molar-refractivity contribution in [2.24, 2.45) is 0 Å². The fraction of sp³-hybridized carbons (Fsp3) is 0.154. The van der Waals surface area contributed by atoms with Gasteiger partial charge in [-0.2, -0.15) is 9.94 Å². The van der Waals surface area contributed by atoms with Gasteiger partial charge in [-0.15, -0.1) is 5.10 Å². The fourth-order valence-corrected chi connectivity index (χ4v) is 1.97. The van der Waals surface area contributed by atoms with E-state index < -0.39 is 0 Å².